The number of rotatable bonds is 8. The number of hydrogen-bond acceptors (Lipinski definition) is 4. The van der Waals surface area contributed by atoms with E-state index in [4.69, 9.17) is 9.73 Å². The summed E-state index contributed by atoms with van der Waals surface area (Å²) in [5, 5.41) is 0. The standard InChI is InChI=1S/C32H35NO3/c1-22-17-18-28(36-21-27-15-10-14-25-11-8-9-16-31(25)33-27)20-29(22)30(19-23(2)24(3)34)32(35)26-12-6-4-5-7-13-26/h8-9,11-12,16-20H,2,4-7,10,13-15,21H2,1,3H3/b30-19+. The van der Waals surface area contributed by atoms with Crippen LogP contribution in [0.4, 0.5) is 5.69 Å². The summed E-state index contributed by atoms with van der Waals surface area (Å²) in [5.41, 5.74) is 6.70. The Morgan fingerprint density at radius 2 is 1.86 bits per heavy atom. The molecule has 4 rings (SSSR count). The first-order chi connectivity index (χ1) is 17.4. The van der Waals surface area contributed by atoms with Crippen LogP contribution in [0.25, 0.3) is 5.57 Å². The predicted molar refractivity (Wildman–Crippen MR) is 147 cm³/mol. The highest BCUT2D eigenvalue weighted by Gasteiger charge is 2.21. The van der Waals surface area contributed by atoms with Crippen LogP contribution in [0.15, 0.2) is 77.3 Å². The van der Waals surface area contributed by atoms with Crippen molar-refractivity contribution in [2.45, 2.75) is 65.2 Å². The van der Waals surface area contributed by atoms with Crippen LogP contribution >= 0.6 is 0 Å². The number of nitrogens with zero attached hydrogens (tertiary/aromatic N) is 1. The van der Waals surface area contributed by atoms with E-state index in [1.807, 2.05) is 31.2 Å². The number of aryl methyl sites for hydroxylation is 2. The van der Waals surface area contributed by atoms with Crippen molar-refractivity contribution < 1.29 is 14.3 Å². The van der Waals surface area contributed by atoms with Gasteiger partial charge in [0, 0.05) is 11.1 Å². The minimum Gasteiger partial charge on any atom is -0.488 e. The topological polar surface area (TPSA) is 55.7 Å². The van der Waals surface area contributed by atoms with Crippen molar-refractivity contribution in [2.75, 3.05) is 6.61 Å². The molecule has 0 N–H and O–H groups in total. The number of para-hydroxylation sites is 1. The molecule has 0 unspecified atom stereocenters. The zero-order chi connectivity index (χ0) is 25.5. The summed E-state index contributed by atoms with van der Waals surface area (Å²) < 4.78 is 6.19. The Labute approximate surface area is 214 Å². The molecule has 36 heavy (non-hydrogen) atoms. The number of benzene rings is 2. The van der Waals surface area contributed by atoms with Gasteiger partial charge in [0.15, 0.2) is 11.6 Å². The highest BCUT2D eigenvalue weighted by atomic mass is 16.5. The molecule has 1 aliphatic heterocycles. The van der Waals surface area contributed by atoms with E-state index in [2.05, 4.69) is 30.9 Å². The zero-order valence-electron chi connectivity index (χ0n) is 21.4. The van der Waals surface area contributed by atoms with Crippen molar-refractivity contribution in [2.24, 2.45) is 4.99 Å². The summed E-state index contributed by atoms with van der Waals surface area (Å²) in [5.74, 6) is 0.508. The number of carbonyl (C=O) groups excluding carboxylic acids is 2. The minimum absolute atomic E-state index is 0.0238. The summed E-state index contributed by atoms with van der Waals surface area (Å²) in [6, 6.07) is 14.1. The lowest BCUT2D eigenvalue weighted by atomic mass is 9.90. The number of hydrogen-bond donors (Lipinski definition) is 0. The van der Waals surface area contributed by atoms with Crippen molar-refractivity contribution in [3.05, 3.63) is 89.0 Å². The summed E-state index contributed by atoms with van der Waals surface area (Å²) in [6.07, 6.45) is 11.6. The van der Waals surface area contributed by atoms with Gasteiger partial charge in [-0.05, 0) is 105 Å². The third-order valence-electron chi connectivity index (χ3n) is 6.93. The molecule has 186 valence electrons. The van der Waals surface area contributed by atoms with Gasteiger partial charge in [0.25, 0.3) is 0 Å². The van der Waals surface area contributed by atoms with Crippen LogP contribution in [0.1, 0.15) is 68.6 Å². The highest BCUT2D eigenvalue weighted by molar-refractivity contribution is 6.30. The Balaban J connectivity index is 1.62. The first-order valence-electron chi connectivity index (χ1n) is 13.0. The second-order valence-electron chi connectivity index (χ2n) is 9.72. The molecule has 0 radical (unpaired) electrons. The summed E-state index contributed by atoms with van der Waals surface area (Å²) in [4.78, 5) is 30.5. The van der Waals surface area contributed by atoms with Crippen LogP contribution in [0.3, 0.4) is 0 Å². The highest BCUT2D eigenvalue weighted by Crippen LogP contribution is 2.31. The molecule has 1 aliphatic carbocycles. The minimum atomic E-state index is -0.146. The number of aliphatic imine (C=N–C) groups is 1. The van der Waals surface area contributed by atoms with Crippen LogP contribution < -0.4 is 4.74 Å². The molecule has 0 aromatic heterocycles. The van der Waals surface area contributed by atoms with Crippen LogP contribution in [-0.2, 0) is 16.0 Å². The number of fused-ring (bicyclic) bond motifs is 1. The van der Waals surface area contributed by atoms with Gasteiger partial charge < -0.3 is 4.74 Å². The molecule has 0 bridgehead atoms. The lowest BCUT2D eigenvalue weighted by Crippen LogP contribution is -2.12. The maximum Gasteiger partial charge on any atom is 0.189 e. The molecular weight excluding hydrogens is 446 g/mol. The molecule has 0 saturated heterocycles. The molecule has 0 atom stereocenters. The van der Waals surface area contributed by atoms with E-state index < -0.39 is 0 Å². The van der Waals surface area contributed by atoms with E-state index in [1.54, 1.807) is 6.08 Å². The molecule has 0 saturated carbocycles. The fourth-order valence-electron chi connectivity index (χ4n) is 4.73. The van der Waals surface area contributed by atoms with Gasteiger partial charge in [0.2, 0.25) is 0 Å². The van der Waals surface area contributed by atoms with Crippen molar-refractivity contribution in [1.29, 1.82) is 0 Å². The van der Waals surface area contributed by atoms with Gasteiger partial charge >= 0.3 is 0 Å². The van der Waals surface area contributed by atoms with Gasteiger partial charge in [-0.3, -0.25) is 14.6 Å². The maximum atomic E-state index is 13.7. The first kappa shape index (κ1) is 25.6. The number of ether oxygens (including phenoxy) is 1. The van der Waals surface area contributed by atoms with Crippen LogP contribution in [0.2, 0.25) is 0 Å². The van der Waals surface area contributed by atoms with E-state index in [0.717, 1.165) is 79.5 Å². The number of carbonyl (C=O) groups is 2. The monoisotopic (exact) mass is 481 g/mol. The maximum absolute atomic E-state index is 13.7. The average Bonchev–Trinajstić information content (AvgIpc) is 3.27. The third-order valence-corrected chi connectivity index (χ3v) is 6.93. The van der Waals surface area contributed by atoms with Crippen molar-refractivity contribution in [1.82, 2.24) is 0 Å². The molecule has 4 heteroatoms. The number of allylic oxidation sites excluding steroid dienone is 5. The number of ketones is 2. The van der Waals surface area contributed by atoms with Crippen LogP contribution in [-0.4, -0.2) is 23.9 Å². The summed E-state index contributed by atoms with van der Waals surface area (Å²) in [7, 11) is 0. The van der Waals surface area contributed by atoms with E-state index >= 15 is 0 Å². The largest absolute Gasteiger partial charge is 0.488 e. The van der Waals surface area contributed by atoms with Gasteiger partial charge in [-0.1, -0.05) is 43.3 Å². The van der Waals surface area contributed by atoms with Crippen molar-refractivity contribution >= 4 is 28.5 Å². The van der Waals surface area contributed by atoms with Crippen molar-refractivity contribution in [3.8, 4) is 5.75 Å². The van der Waals surface area contributed by atoms with E-state index in [1.165, 1.54) is 12.5 Å². The van der Waals surface area contributed by atoms with E-state index in [-0.39, 0.29) is 11.6 Å². The number of Topliss-reactive ketones (excluding diaryl/α,β-unsaturated/α-hetero) is 2. The van der Waals surface area contributed by atoms with Gasteiger partial charge in [-0.2, -0.15) is 0 Å². The Morgan fingerprint density at radius 3 is 2.69 bits per heavy atom. The molecule has 0 amide bonds. The molecular formula is C32H35NO3. The first-order valence-corrected chi connectivity index (χ1v) is 13.0. The molecule has 4 nitrogen and oxygen atoms in total. The Morgan fingerprint density at radius 1 is 1.03 bits per heavy atom. The van der Waals surface area contributed by atoms with Crippen LogP contribution in [0, 0.1) is 6.92 Å². The van der Waals surface area contributed by atoms with Gasteiger partial charge in [-0.25, -0.2) is 0 Å². The second kappa shape index (κ2) is 11.9. The third kappa shape index (κ3) is 6.37. The lowest BCUT2D eigenvalue weighted by molar-refractivity contribution is -0.113. The van der Waals surface area contributed by atoms with Gasteiger partial charge in [0.1, 0.15) is 12.4 Å². The fraction of sp³-hybridized carbons (Fsp3) is 0.344. The van der Waals surface area contributed by atoms with Crippen molar-refractivity contribution in [3.63, 3.8) is 0 Å². The Bertz CT molecular complexity index is 1260. The van der Waals surface area contributed by atoms with Gasteiger partial charge in [0.05, 0.1) is 11.4 Å². The summed E-state index contributed by atoms with van der Waals surface area (Å²) in [6.45, 7) is 7.75. The fourth-order valence-corrected chi connectivity index (χ4v) is 4.73. The second-order valence-corrected chi connectivity index (χ2v) is 9.72. The predicted octanol–water partition coefficient (Wildman–Crippen LogP) is 7.47. The summed E-state index contributed by atoms with van der Waals surface area (Å²) >= 11 is 0. The Hall–Kier alpha value is -3.53. The molecule has 2 aromatic carbocycles. The van der Waals surface area contributed by atoms with Crippen LogP contribution in [0.5, 0.6) is 5.75 Å². The van der Waals surface area contributed by atoms with E-state index in [9.17, 15) is 9.59 Å². The van der Waals surface area contributed by atoms with Gasteiger partial charge in [-0.15, -0.1) is 0 Å². The quantitative estimate of drug-likeness (QED) is 0.290. The molecule has 0 spiro atoms. The average molecular weight is 482 g/mol. The SMILES string of the molecule is C=C(/C=C(/C(=O)C1=CCCCCC1)c1cc(OCC2=Nc3ccccc3CCC2)ccc1C)C(C)=O. The smallest absolute Gasteiger partial charge is 0.189 e. The molecule has 1 heterocycles. The normalized spacial score (nSPS) is 16.1. The zero-order valence-corrected chi connectivity index (χ0v) is 21.4. The van der Waals surface area contributed by atoms with E-state index in [0.29, 0.717) is 23.5 Å². The molecule has 0 fully saturated rings. The molecule has 2 aromatic rings. The molecule has 2 aliphatic rings. The Kier molecular flexibility index (Phi) is 8.48. The lowest BCUT2D eigenvalue weighted by Gasteiger charge is -2.15.